The van der Waals surface area contributed by atoms with Gasteiger partial charge in [0.15, 0.2) is 9.84 Å². The highest BCUT2D eigenvalue weighted by molar-refractivity contribution is 7.90. The van der Waals surface area contributed by atoms with Crippen LogP contribution in [-0.4, -0.2) is 100 Å². The molecular formula is C34H41N5O7S. The summed E-state index contributed by atoms with van der Waals surface area (Å²) in [6.45, 7) is 2.83. The van der Waals surface area contributed by atoms with Crippen molar-refractivity contribution in [1.29, 1.82) is 0 Å². The van der Waals surface area contributed by atoms with E-state index in [4.69, 9.17) is 10.5 Å². The fourth-order valence-electron chi connectivity index (χ4n) is 5.31. The molecule has 1 aliphatic heterocycles. The van der Waals surface area contributed by atoms with Crippen LogP contribution in [0.2, 0.25) is 0 Å². The molecule has 13 heteroatoms. The molecule has 3 N–H and O–H groups in total. The highest BCUT2D eigenvalue weighted by Gasteiger charge is 2.27. The summed E-state index contributed by atoms with van der Waals surface area (Å²) in [4.78, 5) is 55.3. The third kappa shape index (κ3) is 10.4. The second-order valence-corrected chi connectivity index (χ2v) is 13.6. The summed E-state index contributed by atoms with van der Waals surface area (Å²) >= 11 is 0. The molecule has 0 spiro atoms. The van der Waals surface area contributed by atoms with Gasteiger partial charge in [-0.3, -0.25) is 19.2 Å². The number of carbonyl (C=O) groups is 4. The smallest absolute Gasteiger partial charge is 0.242 e. The highest BCUT2D eigenvalue weighted by atomic mass is 32.2. The monoisotopic (exact) mass is 663 g/mol. The summed E-state index contributed by atoms with van der Waals surface area (Å²) in [5.74, 6) is -0.274. The first-order chi connectivity index (χ1) is 22.4. The molecule has 1 aliphatic rings. The summed E-state index contributed by atoms with van der Waals surface area (Å²) in [6.07, 6.45) is 2.31. The van der Waals surface area contributed by atoms with Crippen molar-refractivity contribution < 1.29 is 32.3 Å². The molecule has 0 radical (unpaired) electrons. The molecule has 12 nitrogen and oxygen atoms in total. The van der Waals surface area contributed by atoms with Gasteiger partial charge in [-0.15, -0.1) is 0 Å². The minimum Gasteiger partial charge on any atom is -0.487 e. The molecule has 1 atom stereocenters. The number of aldehydes is 1. The number of carbonyl (C=O) groups excluding carboxylic acids is 4. The van der Waals surface area contributed by atoms with E-state index in [2.05, 4.69) is 5.32 Å². The van der Waals surface area contributed by atoms with Gasteiger partial charge in [0.1, 0.15) is 18.6 Å². The number of benzene rings is 3. The van der Waals surface area contributed by atoms with Gasteiger partial charge >= 0.3 is 0 Å². The Balaban J connectivity index is 1.51. The number of ether oxygens (including phenoxy) is 1. The topological polar surface area (TPSA) is 159 Å². The highest BCUT2D eigenvalue weighted by Crippen LogP contribution is 2.29. The van der Waals surface area contributed by atoms with Crippen LogP contribution in [0.15, 0.2) is 77.7 Å². The summed E-state index contributed by atoms with van der Waals surface area (Å²) in [5, 5.41) is 2.87. The Bertz CT molecular complexity index is 1700. The lowest BCUT2D eigenvalue weighted by atomic mass is 10.1. The number of anilines is 1. The second-order valence-electron chi connectivity index (χ2n) is 11.6. The number of rotatable bonds is 13. The third-order valence-corrected chi connectivity index (χ3v) is 8.87. The zero-order valence-corrected chi connectivity index (χ0v) is 27.4. The summed E-state index contributed by atoms with van der Waals surface area (Å²) in [7, 11) is -3.36. The van der Waals surface area contributed by atoms with Crippen LogP contribution in [0.3, 0.4) is 0 Å². The van der Waals surface area contributed by atoms with E-state index in [1.54, 1.807) is 75.4 Å². The first-order valence-electron chi connectivity index (χ1n) is 15.3. The molecule has 3 amide bonds. The first-order valence-corrected chi connectivity index (χ1v) is 17.2. The molecule has 4 rings (SSSR count). The van der Waals surface area contributed by atoms with Gasteiger partial charge in [0.25, 0.3) is 0 Å². The van der Waals surface area contributed by atoms with E-state index >= 15 is 0 Å². The standard InChI is InChI=1S/C34H41N5O7S/c1-25(41)37-15-16-38(20-29(35)19-37)34(43)22-39(21-33(42)36-14-13-26-7-6-10-30(18-26)47(2,44)45)31-11-3-4-12-32(31)46-24-28-9-5-8-27(17-28)23-40/h3-12,17-18,23,29H,13-16,19-22,24,35H2,1-2H3,(H,36,42). The number of nitrogens with zero attached hydrogens (tertiary/aromatic N) is 3. The van der Waals surface area contributed by atoms with E-state index in [0.29, 0.717) is 43.1 Å². The molecule has 3 aromatic carbocycles. The number of hydrogen-bond donors (Lipinski definition) is 2. The molecule has 1 fully saturated rings. The quantitative estimate of drug-likeness (QED) is 0.260. The largest absolute Gasteiger partial charge is 0.487 e. The lowest BCUT2D eigenvalue weighted by Crippen LogP contribution is -2.48. The molecule has 0 bridgehead atoms. The van der Waals surface area contributed by atoms with Crippen molar-refractivity contribution in [3.05, 3.63) is 89.5 Å². The Morgan fingerprint density at radius 1 is 0.957 bits per heavy atom. The van der Waals surface area contributed by atoms with Crippen molar-refractivity contribution in [2.75, 3.05) is 57.0 Å². The van der Waals surface area contributed by atoms with Crippen LogP contribution < -0.4 is 20.7 Å². The van der Waals surface area contributed by atoms with Crippen molar-refractivity contribution in [1.82, 2.24) is 15.1 Å². The van der Waals surface area contributed by atoms with Gasteiger partial charge in [-0.25, -0.2) is 8.42 Å². The molecule has 3 aromatic rings. The zero-order chi connectivity index (χ0) is 34.0. The Morgan fingerprint density at radius 3 is 2.40 bits per heavy atom. The van der Waals surface area contributed by atoms with Crippen LogP contribution >= 0.6 is 0 Å². The predicted octanol–water partition coefficient (Wildman–Crippen LogP) is 1.66. The fraction of sp³-hybridized carbons (Fsp3) is 0.353. The summed E-state index contributed by atoms with van der Waals surface area (Å²) in [5.41, 5.74) is 8.82. The molecule has 0 aliphatic carbocycles. The Morgan fingerprint density at radius 2 is 1.66 bits per heavy atom. The Kier molecular flexibility index (Phi) is 12.1. The van der Waals surface area contributed by atoms with Crippen molar-refractivity contribution in [3.63, 3.8) is 0 Å². The number of amides is 3. The van der Waals surface area contributed by atoms with E-state index < -0.39 is 15.9 Å². The van der Waals surface area contributed by atoms with E-state index in [1.807, 2.05) is 6.07 Å². The average molecular weight is 664 g/mol. The van der Waals surface area contributed by atoms with Gasteiger partial charge in [0, 0.05) is 57.5 Å². The first kappa shape index (κ1) is 35.1. The van der Waals surface area contributed by atoms with Crippen molar-refractivity contribution in [2.45, 2.75) is 30.9 Å². The normalized spacial score (nSPS) is 15.0. The average Bonchev–Trinajstić information content (AvgIpc) is 3.25. The van der Waals surface area contributed by atoms with Crippen molar-refractivity contribution in [2.24, 2.45) is 5.73 Å². The van der Waals surface area contributed by atoms with E-state index in [-0.39, 0.29) is 55.4 Å². The molecule has 0 aromatic heterocycles. The summed E-state index contributed by atoms with van der Waals surface area (Å²) < 4.78 is 30.0. The maximum atomic E-state index is 13.7. The molecular weight excluding hydrogens is 622 g/mol. The molecule has 1 unspecified atom stereocenters. The van der Waals surface area contributed by atoms with Crippen LogP contribution in [0, 0.1) is 0 Å². The molecule has 0 saturated carbocycles. The lowest BCUT2D eigenvalue weighted by Gasteiger charge is -2.29. The molecule has 1 heterocycles. The van der Waals surface area contributed by atoms with Crippen LogP contribution in [0.4, 0.5) is 5.69 Å². The maximum Gasteiger partial charge on any atom is 0.242 e. The number of hydrogen-bond acceptors (Lipinski definition) is 9. The molecule has 47 heavy (non-hydrogen) atoms. The van der Waals surface area contributed by atoms with Crippen molar-refractivity contribution in [3.8, 4) is 5.75 Å². The van der Waals surface area contributed by atoms with E-state index in [9.17, 15) is 27.6 Å². The Hall–Kier alpha value is -4.75. The zero-order valence-electron chi connectivity index (χ0n) is 26.6. The van der Waals surface area contributed by atoms with E-state index in [1.165, 1.54) is 13.0 Å². The van der Waals surface area contributed by atoms with Crippen LogP contribution in [-0.2, 0) is 37.2 Å². The van der Waals surface area contributed by atoms with Gasteiger partial charge in [0.2, 0.25) is 17.7 Å². The number of nitrogens with one attached hydrogen (secondary N) is 1. The van der Waals surface area contributed by atoms with Gasteiger partial charge in [-0.1, -0.05) is 42.5 Å². The second kappa shape index (κ2) is 16.2. The number of para-hydroxylation sites is 2. The van der Waals surface area contributed by atoms with Gasteiger partial charge in [0.05, 0.1) is 23.7 Å². The summed E-state index contributed by atoms with van der Waals surface area (Å²) in [6, 6.07) is 20.3. The van der Waals surface area contributed by atoms with Crippen LogP contribution in [0.1, 0.15) is 28.4 Å². The maximum absolute atomic E-state index is 13.7. The third-order valence-electron chi connectivity index (χ3n) is 7.76. The van der Waals surface area contributed by atoms with E-state index in [0.717, 1.165) is 23.7 Å². The number of nitrogens with two attached hydrogens (primary N) is 1. The SMILES string of the molecule is CC(=O)N1CCN(C(=O)CN(CC(=O)NCCc2cccc(S(C)(=O)=O)c2)c2ccccc2OCc2cccc(C=O)c2)CC(N)C1. The molecule has 250 valence electrons. The minimum absolute atomic E-state index is 0.110. The van der Waals surface area contributed by atoms with Crippen LogP contribution in [0.25, 0.3) is 0 Å². The predicted molar refractivity (Wildman–Crippen MR) is 178 cm³/mol. The van der Waals surface area contributed by atoms with Gasteiger partial charge < -0.3 is 30.5 Å². The minimum atomic E-state index is -3.36. The Labute approximate surface area is 275 Å². The van der Waals surface area contributed by atoms with Gasteiger partial charge in [-0.05, 0) is 47.9 Å². The lowest BCUT2D eigenvalue weighted by molar-refractivity contribution is -0.131. The van der Waals surface area contributed by atoms with Crippen LogP contribution in [0.5, 0.6) is 5.75 Å². The van der Waals surface area contributed by atoms with Crippen molar-refractivity contribution >= 4 is 39.5 Å². The number of sulfone groups is 1. The fourth-order valence-corrected chi connectivity index (χ4v) is 6.01. The van der Waals surface area contributed by atoms with Gasteiger partial charge in [-0.2, -0.15) is 0 Å². The molecule has 1 saturated heterocycles.